The monoisotopic (exact) mass is 384 g/mol. The predicted molar refractivity (Wildman–Crippen MR) is 92.2 cm³/mol. The van der Waals surface area contributed by atoms with E-state index in [1.165, 1.54) is 5.69 Å². The number of aromatic nitrogens is 2. The van der Waals surface area contributed by atoms with Crippen molar-refractivity contribution in [3.05, 3.63) is 45.7 Å². The van der Waals surface area contributed by atoms with Crippen molar-refractivity contribution in [2.45, 2.75) is 25.3 Å². The average Bonchev–Trinajstić information content (AvgIpc) is 2.81. The second-order valence-corrected chi connectivity index (χ2v) is 6.24. The largest absolute Gasteiger partial charge is 0.398 e. The first kappa shape index (κ1) is 16.8. The van der Waals surface area contributed by atoms with Crippen LogP contribution in [0.1, 0.15) is 40.5 Å². The molecule has 0 aliphatic heterocycles. The summed E-state index contributed by atoms with van der Waals surface area (Å²) in [5, 5.41) is 7.37. The normalized spacial score (nSPS) is 16.5. The third kappa shape index (κ3) is 3.13. The number of anilines is 1. The predicted octanol–water partition coefficient (Wildman–Crippen LogP) is 2.99. The van der Waals surface area contributed by atoms with Gasteiger partial charge in [-0.15, -0.1) is 12.4 Å². The zero-order valence-corrected chi connectivity index (χ0v) is 14.6. The molecule has 1 heterocycles. The highest BCUT2D eigenvalue weighted by Crippen LogP contribution is 2.29. The molecular weight excluding hydrogens is 368 g/mol. The van der Waals surface area contributed by atoms with E-state index in [4.69, 9.17) is 5.73 Å². The average molecular weight is 386 g/mol. The Hall–Kier alpha value is -1.53. The van der Waals surface area contributed by atoms with Crippen molar-refractivity contribution in [1.82, 2.24) is 15.1 Å². The molecule has 1 atom stereocenters. The standard InChI is InChI=1S/C15H17BrN4O.ClH/c1-20-14-4-2-3-13(11(14)8-18-20)19-15(21)10-6-5-9(16)7-12(10)17;/h5-8,13H,2-4,17H2,1H3,(H,19,21);1H. The lowest BCUT2D eigenvalue weighted by molar-refractivity contribution is 0.0933. The molecule has 0 saturated carbocycles. The molecule has 0 spiro atoms. The highest BCUT2D eigenvalue weighted by Gasteiger charge is 2.25. The van der Waals surface area contributed by atoms with Crippen LogP contribution in [0.5, 0.6) is 0 Å². The zero-order chi connectivity index (χ0) is 15.0. The molecule has 0 radical (unpaired) electrons. The highest BCUT2D eigenvalue weighted by atomic mass is 79.9. The minimum Gasteiger partial charge on any atom is -0.398 e. The van der Waals surface area contributed by atoms with Crippen LogP contribution in [0.2, 0.25) is 0 Å². The number of aryl methyl sites for hydroxylation is 1. The molecule has 1 unspecified atom stereocenters. The van der Waals surface area contributed by atoms with Gasteiger partial charge in [0.2, 0.25) is 0 Å². The molecule has 7 heteroatoms. The van der Waals surface area contributed by atoms with Crippen LogP contribution >= 0.6 is 28.3 Å². The number of rotatable bonds is 2. The number of hydrogen-bond donors (Lipinski definition) is 2. The van der Waals surface area contributed by atoms with Gasteiger partial charge in [0.25, 0.3) is 5.91 Å². The number of nitrogens with one attached hydrogen (secondary N) is 1. The maximum Gasteiger partial charge on any atom is 0.253 e. The molecule has 0 fully saturated rings. The topological polar surface area (TPSA) is 72.9 Å². The lowest BCUT2D eigenvalue weighted by Crippen LogP contribution is -2.31. The number of carbonyl (C=O) groups is 1. The SMILES string of the molecule is Cl.Cn1ncc2c1CCCC2NC(=O)c1ccc(Br)cc1N. The van der Waals surface area contributed by atoms with Crippen molar-refractivity contribution in [3.8, 4) is 0 Å². The van der Waals surface area contributed by atoms with Crippen molar-refractivity contribution in [3.63, 3.8) is 0 Å². The number of hydrogen-bond acceptors (Lipinski definition) is 3. The van der Waals surface area contributed by atoms with E-state index in [1.807, 2.05) is 24.0 Å². The van der Waals surface area contributed by atoms with Gasteiger partial charge in [-0.3, -0.25) is 9.48 Å². The Labute approximate surface area is 143 Å². The summed E-state index contributed by atoms with van der Waals surface area (Å²) in [7, 11) is 1.94. The number of benzene rings is 1. The van der Waals surface area contributed by atoms with E-state index in [2.05, 4.69) is 26.3 Å². The Balaban J connectivity index is 0.00000176. The zero-order valence-electron chi connectivity index (χ0n) is 12.2. The maximum atomic E-state index is 12.4. The molecule has 1 amide bonds. The van der Waals surface area contributed by atoms with Crippen LogP contribution in [-0.2, 0) is 13.5 Å². The summed E-state index contributed by atoms with van der Waals surface area (Å²) >= 11 is 3.35. The summed E-state index contributed by atoms with van der Waals surface area (Å²) < 4.78 is 2.76. The van der Waals surface area contributed by atoms with Gasteiger partial charge in [0.1, 0.15) is 0 Å². The first-order chi connectivity index (χ1) is 10.1. The van der Waals surface area contributed by atoms with Gasteiger partial charge < -0.3 is 11.1 Å². The van der Waals surface area contributed by atoms with Crippen LogP contribution in [0.15, 0.2) is 28.9 Å². The molecule has 3 rings (SSSR count). The number of nitrogens with zero attached hydrogens (tertiary/aromatic N) is 2. The highest BCUT2D eigenvalue weighted by molar-refractivity contribution is 9.10. The van der Waals surface area contributed by atoms with Gasteiger partial charge in [-0.1, -0.05) is 15.9 Å². The third-order valence-corrected chi connectivity index (χ3v) is 4.43. The number of carbonyl (C=O) groups excluding carboxylic acids is 1. The lowest BCUT2D eigenvalue weighted by atomic mass is 9.92. The number of nitrogens with two attached hydrogens (primary N) is 1. The number of amides is 1. The Morgan fingerprint density at radius 3 is 3.00 bits per heavy atom. The van der Waals surface area contributed by atoms with E-state index in [0.717, 1.165) is 29.3 Å². The molecule has 1 aliphatic carbocycles. The summed E-state index contributed by atoms with van der Waals surface area (Å²) in [5.74, 6) is -0.137. The van der Waals surface area contributed by atoms with Crippen LogP contribution in [0.3, 0.4) is 0 Å². The summed E-state index contributed by atoms with van der Waals surface area (Å²) in [6.07, 6.45) is 4.84. The Morgan fingerprint density at radius 1 is 1.50 bits per heavy atom. The molecule has 0 bridgehead atoms. The van der Waals surface area contributed by atoms with Crippen molar-refractivity contribution in [1.29, 1.82) is 0 Å². The van der Waals surface area contributed by atoms with Crippen LogP contribution in [0, 0.1) is 0 Å². The van der Waals surface area contributed by atoms with E-state index < -0.39 is 0 Å². The van der Waals surface area contributed by atoms with E-state index in [-0.39, 0.29) is 24.4 Å². The fourth-order valence-corrected chi connectivity index (χ4v) is 3.21. The van der Waals surface area contributed by atoms with Crippen molar-refractivity contribution < 1.29 is 4.79 Å². The molecule has 22 heavy (non-hydrogen) atoms. The first-order valence-electron chi connectivity index (χ1n) is 6.93. The molecule has 3 N–H and O–H groups in total. The molecule has 1 aliphatic rings. The second kappa shape index (κ2) is 6.71. The molecule has 2 aromatic rings. The van der Waals surface area contributed by atoms with Crippen molar-refractivity contribution >= 4 is 39.9 Å². The number of nitrogen functional groups attached to an aromatic ring is 1. The minimum absolute atomic E-state index is 0. The summed E-state index contributed by atoms with van der Waals surface area (Å²) in [6, 6.07) is 5.31. The minimum atomic E-state index is -0.137. The summed E-state index contributed by atoms with van der Waals surface area (Å²) in [6.45, 7) is 0. The Kier molecular flexibility index (Phi) is 5.13. The van der Waals surface area contributed by atoms with Crippen LogP contribution in [0.25, 0.3) is 0 Å². The molecule has 118 valence electrons. The molecule has 0 saturated heterocycles. The molecular formula is C15H18BrClN4O. The van der Waals surface area contributed by atoms with Crippen molar-refractivity contribution in [2.75, 3.05) is 5.73 Å². The van der Waals surface area contributed by atoms with Gasteiger partial charge in [-0.05, 0) is 37.5 Å². The quantitative estimate of drug-likeness (QED) is 0.781. The Bertz CT molecular complexity index is 701. The van der Waals surface area contributed by atoms with Crippen LogP contribution < -0.4 is 11.1 Å². The summed E-state index contributed by atoms with van der Waals surface area (Å²) in [5.41, 5.74) is 9.23. The first-order valence-corrected chi connectivity index (χ1v) is 7.72. The van der Waals surface area contributed by atoms with Gasteiger partial charge in [-0.2, -0.15) is 5.10 Å². The van der Waals surface area contributed by atoms with E-state index in [9.17, 15) is 4.79 Å². The maximum absolute atomic E-state index is 12.4. The van der Waals surface area contributed by atoms with Gasteiger partial charge in [-0.25, -0.2) is 0 Å². The third-order valence-electron chi connectivity index (χ3n) is 3.94. The fraction of sp³-hybridized carbons (Fsp3) is 0.333. The van der Waals surface area contributed by atoms with E-state index in [0.29, 0.717) is 11.3 Å². The molecule has 1 aromatic heterocycles. The second-order valence-electron chi connectivity index (χ2n) is 5.32. The van der Waals surface area contributed by atoms with Crippen LogP contribution in [0.4, 0.5) is 5.69 Å². The molecule has 1 aromatic carbocycles. The van der Waals surface area contributed by atoms with Crippen molar-refractivity contribution in [2.24, 2.45) is 7.05 Å². The van der Waals surface area contributed by atoms with Crippen LogP contribution in [-0.4, -0.2) is 15.7 Å². The van der Waals surface area contributed by atoms with Gasteiger partial charge >= 0.3 is 0 Å². The Morgan fingerprint density at radius 2 is 2.27 bits per heavy atom. The lowest BCUT2D eigenvalue weighted by Gasteiger charge is -2.24. The van der Waals surface area contributed by atoms with Gasteiger partial charge in [0.15, 0.2) is 0 Å². The smallest absolute Gasteiger partial charge is 0.253 e. The number of fused-ring (bicyclic) bond motifs is 1. The summed E-state index contributed by atoms with van der Waals surface area (Å²) in [4.78, 5) is 12.4. The molecule has 5 nitrogen and oxygen atoms in total. The van der Waals surface area contributed by atoms with Gasteiger partial charge in [0, 0.05) is 28.5 Å². The van der Waals surface area contributed by atoms with E-state index in [1.54, 1.807) is 12.1 Å². The van der Waals surface area contributed by atoms with E-state index >= 15 is 0 Å². The fourth-order valence-electron chi connectivity index (χ4n) is 2.83. The van der Waals surface area contributed by atoms with Gasteiger partial charge in [0.05, 0.1) is 17.8 Å². The number of halogens is 2.